The molecule has 1 N–H and O–H groups in total. The number of aromatic nitrogens is 1. The van der Waals surface area contributed by atoms with Crippen LogP contribution in [0.5, 0.6) is 5.75 Å². The molecule has 1 aromatic heterocycles. The van der Waals surface area contributed by atoms with E-state index in [9.17, 15) is 14.0 Å². The number of anilines is 1. The van der Waals surface area contributed by atoms with E-state index in [1.807, 2.05) is 22.8 Å². The third-order valence-electron chi connectivity index (χ3n) is 5.88. The lowest BCUT2D eigenvalue weighted by Crippen LogP contribution is -2.27. The molecule has 5 nitrogen and oxygen atoms in total. The SMILES string of the molecule is CC(C)c1cc(=O)n(CC2CCC2)c2cc(OCC(=O)Nc3cccc(F)c3)ccc12. The van der Waals surface area contributed by atoms with Crippen LogP contribution in [0, 0.1) is 11.7 Å². The molecule has 1 amide bonds. The third kappa shape index (κ3) is 4.79. The van der Waals surface area contributed by atoms with Crippen LogP contribution in [0.3, 0.4) is 0 Å². The van der Waals surface area contributed by atoms with E-state index in [0.29, 0.717) is 23.9 Å². The molecule has 0 aliphatic heterocycles. The highest BCUT2D eigenvalue weighted by Crippen LogP contribution is 2.31. The molecule has 0 atom stereocenters. The quantitative estimate of drug-likeness (QED) is 0.578. The van der Waals surface area contributed by atoms with Gasteiger partial charge in [0.1, 0.15) is 11.6 Å². The van der Waals surface area contributed by atoms with Crippen molar-refractivity contribution in [1.29, 1.82) is 0 Å². The molecular formula is C25H27FN2O3. The number of benzene rings is 2. The van der Waals surface area contributed by atoms with Gasteiger partial charge in [-0.15, -0.1) is 0 Å². The van der Waals surface area contributed by atoms with E-state index in [2.05, 4.69) is 19.2 Å². The van der Waals surface area contributed by atoms with Crippen molar-refractivity contribution >= 4 is 22.5 Å². The Kier molecular flexibility index (Phi) is 6.07. The van der Waals surface area contributed by atoms with Gasteiger partial charge in [-0.05, 0) is 60.6 Å². The summed E-state index contributed by atoms with van der Waals surface area (Å²) in [6.07, 6.45) is 3.52. The first-order chi connectivity index (χ1) is 14.9. The van der Waals surface area contributed by atoms with E-state index in [-0.39, 0.29) is 24.0 Å². The van der Waals surface area contributed by atoms with Gasteiger partial charge in [0.25, 0.3) is 11.5 Å². The zero-order valence-electron chi connectivity index (χ0n) is 17.9. The minimum Gasteiger partial charge on any atom is -0.484 e. The maximum Gasteiger partial charge on any atom is 0.262 e. The van der Waals surface area contributed by atoms with Crippen molar-refractivity contribution in [2.24, 2.45) is 5.92 Å². The number of hydrogen-bond acceptors (Lipinski definition) is 3. The average molecular weight is 423 g/mol. The van der Waals surface area contributed by atoms with Crippen molar-refractivity contribution in [3.8, 4) is 5.75 Å². The van der Waals surface area contributed by atoms with Gasteiger partial charge in [0.15, 0.2) is 6.61 Å². The smallest absolute Gasteiger partial charge is 0.262 e. The number of carbonyl (C=O) groups excluding carboxylic acids is 1. The molecule has 1 saturated carbocycles. The molecule has 3 aromatic rings. The second-order valence-electron chi connectivity index (χ2n) is 8.53. The van der Waals surface area contributed by atoms with E-state index in [4.69, 9.17) is 4.74 Å². The van der Waals surface area contributed by atoms with Crippen LogP contribution in [0.4, 0.5) is 10.1 Å². The number of halogens is 1. The number of ether oxygens (including phenoxy) is 1. The molecule has 2 aromatic carbocycles. The van der Waals surface area contributed by atoms with E-state index in [1.54, 1.807) is 12.1 Å². The minimum atomic E-state index is -0.418. The standard InChI is InChI=1S/C25H27FN2O3/c1-16(2)22-13-25(30)28(14-17-5-3-6-17)23-12-20(9-10-21(22)23)31-15-24(29)27-19-8-4-7-18(26)11-19/h4,7-13,16-17H,3,5-6,14-15H2,1-2H3,(H,27,29). The molecule has 0 saturated heterocycles. The highest BCUT2D eigenvalue weighted by Gasteiger charge is 2.21. The molecule has 31 heavy (non-hydrogen) atoms. The van der Waals surface area contributed by atoms with Crippen molar-refractivity contribution in [1.82, 2.24) is 4.57 Å². The molecule has 0 radical (unpaired) electrons. The predicted molar refractivity (Wildman–Crippen MR) is 120 cm³/mol. The lowest BCUT2D eigenvalue weighted by Gasteiger charge is -2.27. The summed E-state index contributed by atoms with van der Waals surface area (Å²) in [4.78, 5) is 25.1. The van der Waals surface area contributed by atoms with Crippen molar-refractivity contribution < 1.29 is 13.9 Å². The zero-order valence-corrected chi connectivity index (χ0v) is 17.9. The number of rotatable bonds is 7. The van der Waals surface area contributed by atoms with Crippen molar-refractivity contribution in [3.05, 3.63) is 70.3 Å². The number of carbonyl (C=O) groups is 1. The van der Waals surface area contributed by atoms with Gasteiger partial charge in [0, 0.05) is 29.8 Å². The molecule has 0 unspecified atom stereocenters. The largest absolute Gasteiger partial charge is 0.484 e. The Balaban J connectivity index is 1.57. The summed E-state index contributed by atoms with van der Waals surface area (Å²) in [6.45, 7) is 4.65. The second kappa shape index (κ2) is 8.92. The molecule has 162 valence electrons. The fourth-order valence-electron chi connectivity index (χ4n) is 3.99. The highest BCUT2D eigenvalue weighted by molar-refractivity contribution is 5.92. The summed E-state index contributed by atoms with van der Waals surface area (Å²) in [6, 6.07) is 13.1. The summed E-state index contributed by atoms with van der Waals surface area (Å²) in [7, 11) is 0. The molecule has 0 spiro atoms. The number of nitrogens with zero attached hydrogens (tertiary/aromatic N) is 1. The van der Waals surface area contributed by atoms with Gasteiger partial charge >= 0.3 is 0 Å². The Morgan fingerprint density at radius 3 is 2.68 bits per heavy atom. The third-order valence-corrected chi connectivity index (χ3v) is 5.88. The number of fused-ring (bicyclic) bond motifs is 1. The Labute approximate surface area is 180 Å². The van der Waals surface area contributed by atoms with Crippen LogP contribution in [-0.4, -0.2) is 17.1 Å². The lowest BCUT2D eigenvalue weighted by atomic mass is 9.85. The Bertz CT molecular complexity index is 1170. The highest BCUT2D eigenvalue weighted by atomic mass is 19.1. The first kappa shape index (κ1) is 21.1. The molecule has 1 fully saturated rings. The fraction of sp³-hybridized carbons (Fsp3) is 0.360. The molecule has 4 rings (SSSR count). The molecule has 1 heterocycles. The van der Waals surface area contributed by atoms with Gasteiger partial charge in [-0.1, -0.05) is 26.3 Å². The summed E-state index contributed by atoms with van der Waals surface area (Å²) in [5, 5.41) is 3.65. The first-order valence-corrected chi connectivity index (χ1v) is 10.8. The maximum absolute atomic E-state index is 13.3. The maximum atomic E-state index is 13.3. The first-order valence-electron chi connectivity index (χ1n) is 10.8. The predicted octanol–water partition coefficient (Wildman–Crippen LogP) is 5.08. The zero-order chi connectivity index (χ0) is 22.0. The van der Waals surface area contributed by atoms with Crippen LogP contribution >= 0.6 is 0 Å². The second-order valence-corrected chi connectivity index (χ2v) is 8.53. The van der Waals surface area contributed by atoms with Gasteiger partial charge in [0.2, 0.25) is 0 Å². The summed E-state index contributed by atoms with van der Waals surface area (Å²) < 4.78 is 20.8. The van der Waals surface area contributed by atoms with Crippen LogP contribution in [0.15, 0.2) is 53.3 Å². The van der Waals surface area contributed by atoms with Crippen LogP contribution in [-0.2, 0) is 11.3 Å². The van der Waals surface area contributed by atoms with Crippen LogP contribution in [0.25, 0.3) is 10.9 Å². The Hall–Kier alpha value is -3.15. The van der Waals surface area contributed by atoms with Crippen LogP contribution < -0.4 is 15.6 Å². The number of pyridine rings is 1. The van der Waals surface area contributed by atoms with Crippen LogP contribution in [0.1, 0.15) is 44.6 Å². The van der Waals surface area contributed by atoms with Gasteiger partial charge in [-0.3, -0.25) is 9.59 Å². The van der Waals surface area contributed by atoms with Crippen molar-refractivity contribution in [2.75, 3.05) is 11.9 Å². The Morgan fingerprint density at radius 2 is 2.00 bits per heavy atom. The number of hydrogen-bond donors (Lipinski definition) is 1. The monoisotopic (exact) mass is 422 g/mol. The van der Waals surface area contributed by atoms with E-state index in [1.165, 1.54) is 24.6 Å². The van der Waals surface area contributed by atoms with E-state index >= 15 is 0 Å². The van der Waals surface area contributed by atoms with Gasteiger partial charge in [-0.25, -0.2) is 4.39 Å². The van der Waals surface area contributed by atoms with E-state index < -0.39 is 5.82 Å². The molecular weight excluding hydrogens is 395 g/mol. The van der Waals surface area contributed by atoms with E-state index in [0.717, 1.165) is 29.3 Å². The number of nitrogens with one attached hydrogen (secondary N) is 1. The summed E-state index contributed by atoms with van der Waals surface area (Å²) in [5.41, 5.74) is 2.23. The molecule has 1 aliphatic rings. The van der Waals surface area contributed by atoms with Crippen molar-refractivity contribution in [2.45, 2.75) is 45.6 Å². The topological polar surface area (TPSA) is 60.3 Å². The number of amides is 1. The van der Waals surface area contributed by atoms with Gasteiger partial charge in [-0.2, -0.15) is 0 Å². The minimum absolute atomic E-state index is 0.00379. The normalized spacial score (nSPS) is 13.9. The van der Waals surface area contributed by atoms with Gasteiger partial charge in [0.05, 0.1) is 5.52 Å². The average Bonchev–Trinajstić information content (AvgIpc) is 2.69. The lowest BCUT2D eigenvalue weighted by molar-refractivity contribution is -0.118. The molecule has 1 aliphatic carbocycles. The summed E-state index contributed by atoms with van der Waals surface area (Å²) >= 11 is 0. The summed E-state index contributed by atoms with van der Waals surface area (Å²) in [5.74, 6) is 0.474. The molecule has 0 bridgehead atoms. The van der Waals surface area contributed by atoms with Crippen LogP contribution in [0.2, 0.25) is 0 Å². The van der Waals surface area contributed by atoms with Gasteiger partial charge < -0.3 is 14.6 Å². The molecule has 6 heteroatoms. The fourth-order valence-corrected chi connectivity index (χ4v) is 3.99. The van der Waals surface area contributed by atoms with Crippen molar-refractivity contribution in [3.63, 3.8) is 0 Å². The Morgan fingerprint density at radius 1 is 1.19 bits per heavy atom.